The fourth-order valence-corrected chi connectivity index (χ4v) is 4.06. The van der Waals surface area contributed by atoms with Crippen LogP contribution in [0.2, 0.25) is 0 Å². The molecule has 0 saturated carbocycles. The summed E-state index contributed by atoms with van der Waals surface area (Å²) >= 11 is 1.46. The number of rotatable bonds is 6. The summed E-state index contributed by atoms with van der Waals surface area (Å²) in [7, 11) is 1.48. The summed E-state index contributed by atoms with van der Waals surface area (Å²) in [5, 5.41) is 21.6. The predicted octanol–water partition coefficient (Wildman–Crippen LogP) is 3.36. The minimum atomic E-state index is -0.788. The number of anilines is 2. The number of aliphatic carboxylic acids is 1. The first-order chi connectivity index (χ1) is 14.5. The van der Waals surface area contributed by atoms with Crippen LogP contribution in [0.15, 0.2) is 40.1 Å². The molecule has 1 saturated heterocycles. The first kappa shape index (κ1) is 19.9. The highest BCUT2D eigenvalue weighted by atomic mass is 32.1. The highest BCUT2D eigenvalue weighted by Crippen LogP contribution is 2.30. The second-order valence-corrected chi connectivity index (χ2v) is 7.80. The number of carbonyl (C=O) groups excluding carboxylic acids is 1. The van der Waals surface area contributed by atoms with Crippen molar-refractivity contribution >= 4 is 34.9 Å². The molecule has 3 aromatic rings. The predicted molar refractivity (Wildman–Crippen MR) is 111 cm³/mol. The van der Waals surface area contributed by atoms with Gasteiger partial charge in [0.25, 0.3) is 11.8 Å². The van der Waals surface area contributed by atoms with Gasteiger partial charge in [-0.25, -0.2) is 0 Å². The van der Waals surface area contributed by atoms with E-state index in [9.17, 15) is 14.7 Å². The average Bonchev–Trinajstić information content (AvgIpc) is 3.45. The third kappa shape index (κ3) is 4.13. The fraction of sp³-hybridized carbons (Fsp3) is 0.300. The number of nitrogens with zero attached hydrogens (tertiary/aromatic N) is 3. The molecule has 1 amide bonds. The number of methoxy groups -OCH3 is 1. The minimum absolute atomic E-state index is 0.00476. The molecule has 3 heterocycles. The van der Waals surface area contributed by atoms with E-state index >= 15 is 0 Å². The molecule has 2 aromatic heterocycles. The van der Waals surface area contributed by atoms with E-state index in [-0.39, 0.29) is 6.01 Å². The molecule has 9 nitrogen and oxygen atoms in total. The molecule has 1 aromatic carbocycles. The second-order valence-electron chi connectivity index (χ2n) is 6.85. The summed E-state index contributed by atoms with van der Waals surface area (Å²) in [6, 6.07) is 8.88. The molecule has 30 heavy (non-hydrogen) atoms. The molecule has 2 N–H and O–H groups in total. The summed E-state index contributed by atoms with van der Waals surface area (Å²) in [6.07, 6.45) is 1.46. The van der Waals surface area contributed by atoms with Crippen LogP contribution < -0.4 is 15.0 Å². The lowest BCUT2D eigenvalue weighted by Gasteiger charge is -2.32. The Morgan fingerprint density at radius 1 is 1.33 bits per heavy atom. The number of thiophene rings is 1. The quantitative estimate of drug-likeness (QED) is 0.614. The van der Waals surface area contributed by atoms with Crippen LogP contribution in [0.25, 0.3) is 10.8 Å². The zero-order valence-corrected chi connectivity index (χ0v) is 17.0. The molecule has 0 bridgehead atoms. The summed E-state index contributed by atoms with van der Waals surface area (Å²) in [4.78, 5) is 26.8. The number of carboxylic acids is 1. The van der Waals surface area contributed by atoms with E-state index in [2.05, 4.69) is 15.5 Å². The SMILES string of the molecule is COc1cc(N2CCCC(C(=O)O)C2)ccc1C(=O)Nc1nnc(-c2cccs2)o1. The Kier molecular flexibility index (Phi) is 5.66. The third-order valence-corrected chi connectivity index (χ3v) is 5.80. The van der Waals surface area contributed by atoms with Crippen LogP contribution in [0.1, 0.15) is 23.2 Å². The Balaban J connectivity index is 1.50. The molecular formula is C20H20N4O5S. The van der Waals surface area contributed by atoms with Crippen LogP contribution in [-0.2, 0) is 4.79 Å². The lowest BCUT2D eigenvalue weighted by atomic mass is 9.97. The Hall–Kier alpha value is -3.40. The standard InChI is InChI=1S/C20H20N4O5S/c1-28-15-10-13(24-8-2-4-12(11-24)19(26)27)6-7-14(15)17(25)21-20-23-22-18(29-20)16-5-3-9-30-16/h3,5-7,9-10,12H,2,4,8,11H2,1H3,(H,26,27)(H,21,23,25). The van der Waals surface area contributed by atoms with Crippen LogP contribution in [-0.4, -0.2) is 47.4 Å². The van der Waals surface area contributed by atoms with E-state index in [1.54, 1.807) is 18.2 Å². The van der Waals surface area contributed by atoms with Crippen molar-refractivity contribution < 1.29 is 23.8 Å². The summed E-state index contributed by atoms with van der Waals surface area (Å²) in [5.41, 5.74) is 1.12. The molecular weight excluding hydrogens is 408 g/mol. The number of hydrogen-bond acceptors (Lipinski definition) is 8. The van der Waals surface area contributed by atoms with Crippen LogP contribution in [0.4, 0.5) is 11.7 Å². The van der Waals surface area contributed by atoms with Crippen LogP contribution in [0.5, 0.6) is 5.75 Å². The highest BCUT2D eigenvalue weighted by Gasteiger charge is 2.26. The molecule has 0 radical (unpaired) electrons. The minimum Gasteiger partial charge on any atom is -0.496 e. The van der Waals surface area contributed by atoms with Crippen molar-refractivity contribution in [2.24, 2.45) is 5.92 Å². The number of nitrogens with one attached hydrogen (secondary N) is 1. The zero-order valence-electron chi connectivity index (χ0n) is 16.2. The molecule has 1 fully saturated rings. The summed E-state index contributed by atoms with van der Waals surface area (Å²) in [5.74, 6) is -0.921. The number of hydrogen-bond donors (Lipinski definition) is 2. The number of carboxylic acid groups (broad SMARTS) is 1. The van der Waals surface area contributed by atoms with E-state index < -0.39 is 17.8 Å². The van der Waals surface area contributed by atoms with Gasteiger partial charge in [0.15, 0.2) is 0 Å². The van der Waals surface area contributed by atoms with Crippen molar-refractivity contribution in [1.82, 2.24) is 10.2 Å². The zero-order chi connectivity index (χ0) is 21.1. The van der Waals surface area contributed by atoms with Crippen molar-refractivity contribution in [3.63, 3.8) is 0 Å². The highest BCUT2D eigenvalue weighted by molar-refractivity contribution is 7.13. The van der Waals surface area contributed by atoms with Crippen molar-refractivity contribution in [1.29, 1.82) is 0 Å². The molecule has 4 rings (SSSR count). The number of piperidine rings is 1. The fourth-order valence-electron chi connectivity index (χ4n) is 3.42. The van der Waals surface area contributed by atoms with Gasteiger partial charge in [0.1, 0.15) is 5.75 Å². The maximum atomic E-state index is 12.7. The molecule has 1 aliphatic heterocycles. The summed E-state index contributed by atoms with van der Waals surface area (Å²) < 4.78 is 10.9. The number of aromatic nitrogens is 2. The van der Waals surface area contributed by atoms with Crippen molar-refractivity contribution in [2.45, 2.75) is 12.8 Å². The maximum Gasteiger partial charge on any atom is 0.322 e. The Morgan fingerprint density at radius 3 is 2.93 bits per heavy atom. The molecule has 156 valence electrons. The van der Waals surface area contributed by atoms with Crippen molar-refractivity contribution in [3.05, 3.63) is 41.3 Å². The number of ether oxygens (including phenoxy) is 1. The topological polar surface area (TPSA) is 118 Å². The molecule has 1 aliphatic rings. The molecule has 1 unspecified atom stereocenters. The van der Waals surface area contributed by atoms with Crippen molar-refractivity contribution in [3.8, 4) is 16.5 Å². The van der Waals surface area contributed by atoms with E-state index in [1.807, 2.05) is 22.4 Å². The first-order valence-electron chi connectivity index (χ1n) is 9.39. The van der Waals surface area contributed by atoms with Crippen LogP contribution in [0, 0.1) is 5.92 Å². The number of benzene rings is 1. The smallest absolute Gasteiger partial charge is 0.322 e. The maximum absolute atomic E-state index is 12.7. The van der Waals surface area contributed by atoms with Gasteiger partial charge in [-0.15, -0.1) is 16.4 Å². The Labute approximate surface area is 176 Å². The van der Waals surface area contributed by atoms with E-state index in [4.69, 9.17) is 9.15 Å². The summed E-state index contributed by atoms with van der Waals surface area (Å²) in [6.45, 7) is 1.18. The van der Waals surface area contributed by atoms with Gasteiger partial charge in [-0.2, -0.15) is 0 Å². The van der Waals surface area contributed by atoms with E-state index in [1.165, 1.54) is 18.4 Å². The molecule has 0 spiro atoms. The monoisotopic (exact) mass is 428 g/mol. The van der Waals surface area contributed by atoms with Crippen LogP contribution >= 0.6 is 11.3 Å². The Morgan fingerprint density at radius 2 is 2.20 bits per heavy atom. The first-order valence-corrected chi connectivity index (χ1v) is 10.3. The van der Waals surface area contributed by atoms with Gasteiger partial charge in [-0.05, 0) is 36.4 Å². The average molecular weight is 428 g/mol. The Bertz CT molecular complexity index is 1050. The number of carbonyl (C=O) groups is 2. The lowest BCUT2D eigenvalue weighted by Crippen LogP contribution is -2.38. The van der Waals surface area contributed by atoms with Gasteiger partial charge in [-0.1, -0.05) is 11.2 Å². The molecule has 1 atom stereocenters. The second kappa shape index (κ2) is 8.54. The largest absolute Gasteiger partial charge is 0.496 e. The van der Waals surface area contributed by atoms with E-state index in [0.717, 1.165) is 23.5 Å². The van der Waals surface area contributed by atoms with Crippen LogP contribution in [0.3, 0.4) is 0 Å². The van der Waals surface area contributed by atoms with Gasteiger partial charge in [0, 0.05) is 24.8 Å². The molecule has 10 heteroatoms. The van der Waals surface area contributed by atoms with Gasteiger partial charge < -0.3 is 19.2 Å². The van der Waals surface area contributed by atoms with Gasteiger partial charge >= 0.3 is 12.0 Å². The number of amides is 1. The normalized spacial score (nSPS) is 16.3. The van der Waals surface area contributed by atoms with Gasteiger partial charge in [0.05, 0.1) is 23.5 Å². The molecule has 0 aliphatic carbocycles. The van der Waals surface area contributed by atoms with Crippen molar-refractivity contribution in [2.75, 3.05) is 30.4 Å². The third-order valence-electron chi connectivity index (χ3n) is 4.94. The van der Waals surface area contributed by atoms with E-state index in [0.29, 0.717) is 30.2 Å². The van der Waals surface area contributed by atoms with Gasteiger partial charge in [0.2, 0.25) is 0 Å². The lowest BCUT2D eigenvalue weighted by molar-refractivity contribution is -0.141. The van der Waals surface area contributed by atoms with Gasteiger partial charge in [-0.3, -0.25) is 14.9 Å².